The lowest BCUT2D eigenvalue weighted by atomic mass is 10.0. The van der Waals surface area contributed by atoms with E-state index < -0.39 is 0 Å². The van der Waals surface area contributed by atoms with Gasteiger partial charge in [0.15, 0.2) is 0 Å². The van der Waals surface area contributed by atoms with Gasteiger partial charge in [-0.25, -0.2) is 4.79 Å². The first-order chi connectivity index (χ1) is 12.8. The molecule has 2 N–H and O–H groups in total. The molecule has 1 aromatic heterocycles. The van der Waals surface area contributed by atoms with E-state index in [0.717, 1.165) is 49.1 Å². The third kappa shape index (κ3) is 3.86. The number of benzene rings is 2. The van der Waals surface area contributed by atoms with E-state index >= 15 is 0 Å². The molecule has 0 saturated carbocycles. The number of rotatable bonds is 4. The van der Waals surface area contributed by atoms with E-state index in [4.69, 9.17) is 4.74 Å². The number of amides is 2. The van der Waals surface area contributed by atoms with Crippen LogP contribution in [0.5, 0.6) is 0 Å². The number of carbonyl (C=O) groups is 1. The van der Waals surface area contributed by atoms with E-state index in [-0.39, 0.29) is 6.03 Å². The van der Waals surface area contributed by atoms with Crippen molar-refractivity contribution in [1.82, 2.24) is 9.78 Å². The van der Waals surface area contributed by atoms with E-state index in [1.54, 1.807) is 6.20 Å². The molecule has 0 radical (unpaired) electrons. The van der Waals surface area contributed by atoms with Gasteiger partial charge in [-0.1, -0.05) is 36.4 Å². The van der Waals surface area contributed by atoms with E-state index in [1.807, 2.05) is 53.3 Å². The van der Waals surface area contributed by atoms with Crippen LogP contribution in [0.3, 0.4) is 0 Å². The predicted octanol–water partition coefficient (Wildman–Crippen LogP) is 4.11. The van der Waals surface area contributed by atoms with Gasteiger partial charge in [0.05, 0.1) is 17.6 Å². The Balaban J connectivity index is 1.39. The van der Waals surface area contributed by atoms with Crippen molar-refractivity contribution in [2.45, 2.75) is 19.4 Å². The third-order valence-corrected chi connectivity index (χ3v) is 4.72. The average Bonchev–Trinajstić information content (AvgIpc) is 3.09. The standard InChI is InChI=1S/C20H22N4O2/c25-20(23-19-7-3-5-16-4-1-2-6-18(16)19)22-17-12-21-24(14-17)13-15-8-10-26-11-9-15/h1-7,12,14-15H,8-11,13H2,(H2,22,23,25). The number of fused-ring (bicyclic) bond motifs is 1. The fourth-order valence-electron chi connectivity index (χ4n) is 3.34. The molecule has 26 heavy (non-hydrogen) atoms. The minimum absolute atomic E-state index is 0.271. The van der Waals surface area contributed by atoms with Gasteiger partial charge in [0.2, 0.25) is 0 Å². The Morgan fingerprint density at radius 2 is 1.92 bits per heavy atom. The Kier molecular flexibility index (Phi) is 4.84. The maximum Gasteiger partial charge on any atom is 0.323 e. The summed E-state index contributed by atoms with van der Waals surface area (Å²) in [7, 11) is 0. The SMILES string of the molecule is O=C(Nc1cnn(CC2CCOCC2)c1)Nc1cccc2ccccc12. The first-order valence-corrected chi connectivity index (χ1v) is 8.94. The summed E-state index contributed by atoms with van der Waals surface area (Å²) in [5.41, 5.74) is 1.48. The van der Waals surface area contributed by atoms with Crippen LogP contribution in [0.25, 0.3) is 10.8 Å². The third-order valence-electron chi connectivity index (χ3n) is 4.72. The smallest absolute Gasteiger partial charge is 0.323 e. The van der Waals surface area contributed by atoms with Crippen LogP contribution in [0, 0.1) is 5.92 Å². The Morgan fingerprint density at radius 3 is 2.81 bits per heavy atom. The molecule has 0 atom stereocenters. The van der Waals surface area contributed by atoms with Crippen molar-refractivity contribution in [3.8, 4) is 0 Å². The zero-order valence-electron chi connectivity index (χ0n) is 14.5. The predicted molar refractivity (Wildman–Crippen MR) is 102 cm³/mol. The molecule has 1 aliphatic heterocycles. The van der Waals surface area contributed by atoms with Gasteiger partial charge in [-0.2, -0.15) is 5.10 Å². The van der Waals surface area contributed by atoms with Crippen LogP contribution in [0.1, 0.15) is 12.8 Å². The number of carbonyl (C=O) groups excluding carboxylic acids is 1. The molecule has 4 rings (SSSR count). The molecule has 134 valence electrons. The summed E-state index contributed by atoms with van der Waals surface area (Å²) in [6.45, 7) is 2.50. The summed E-state index contributed by atoms with van der Waals surface area (Å²) in [6, 6.07) is 13.6. The number of anilines is 2. The zero-order chi connectivity index (χ0) is 17.8. The van der Waals surface area contributed by atoms with Gasteiger partial charge in [0, 0.05) is 31.3 Å². The molecule has 1 saturated heterocycles. The van der Waals surface area contributed by atoms with Crippen molar-refractivity contribution in [2.75, 3.05) is 23.8 Å². The summed E-state index contributed by atoms with van der Waals surface area (Å²) >= 11 is 0. The maximum absolute atomic E-state index is 12.3. The summed E-state index contributed by atoms with van der Waals surface area (Å²) in [6.07, 6.45) is 5.68. The fourth-order valence-corrected chi connectivity index (χ4v) is 3.34. The van der Waals surface area contributed by atoms with Gasteiger partial charge in [-0.05, 0) is 30.2 Å². The minimum Gasteiger partial charge on any atom is -0.381 e. The van der Waals surface area contributed by atoms with Gasteiger partial charge in [-0.15, -0.1) is 0 Å². The Bertz CT molecular complexity index is 894. The lowest BCUT2D eigenvalue weighted by Crippen LogP contribution is -2.21. The monoisotopic (exact) mass is 350 g/mol. The number of hydrogen-bond acceptors (Lipinski definition) is 3. The summed E-state index contributed by atoms with van der Waals surface area (Å²) < 4.78 is 7.28. The van der Waals surface area contributed by atoms with Gasteiger partial charge < -0.3 is 15.4 Å². The molecule has 0 aliphatic carbocycles. The quantitative estimate of drug-likeness (QED) is 0.744. The second-order valence-corrected chi connectivity index (χ2v) is 6.61. The highest BCUT2D eigenvalue weighted by molar-refractivity contribution is 6.06. The van der Waals surface area contributed by atoms with Crippen LogP contribution < -0.4 is 10.6 Å². The summed E-state index contributed by atoms with van der Waals surface area (Å²) in [5, 5.41) is 12.2. The molecular formula is C20H22N4O2. The van der Waals surface area contributed by atoms with E-state index in [2.05, 4.69) is 15.7 Å². The highest BCUT2D eigenvalue weighted by atomic mass is 16.5. The lowest BCUT2D eigenvalue weighted by molar-refractivity contribution is 0.0601. The van der Waals surface area contributed by atoms with Crippen LogP contribution in [-0.2, 0) is 11.3 Å². The molecule has 2 amide bonds. The van der Waals surface area contributed by atoms with Crippen LogP contribution in [0.4, 0.5) is 16.2 Å². The van der Waals surface area contributed by atoms with Crippen molar-refractivity contribution >= 4 is 28.2 Å². The van der Waals surface area contributed by atoms with Crippen molar-refractivity contribution < 1.29 is 9.53 Å². The Hall–Kier alpha value is -2.86. The lowest BCUT2D eigenvalue weighted by Gasteiger charge is -2.21. The summed E-state index contributed by atoms with van der Waals surface area (Å²) in [4.78, 5) is 12.3. The number of urea groups is 1. The normalized spacial score (nSPS) is 15.1. The number of nitrogens with one attached hydrogen (secondary N) is 2. The highest BCUT2D eigenvalue weighted by Gasteiger charge is 2.15. The summed E-state index contributed by atoms with van der Waals surface area (Å²) in [5.74, 6) is 0.584. The van der Waals surface area contributed by atoms with E-state index in [0.29, 0.717) is 11.6 Å². The Morgan fingerprint density at radius 1 is 1.12 bits per heavy atom. The second-order valence-electron chi connectivity index (χ2n) is 6.61. The van der Waals surface area contributed by atoms with Crippen LogP contribution in [-0.4, -0.2) is 29.0 Å². The van der Waals surface area contributed by atoms with Gasteiger partial charge in [-0.3, -0.25) is 4.68 Å². The first kappa shape index (κ1) is 16.6. The molecule has 0 unspecified atom stereocenters. The zero-order valence-corrected chi connectivity index (χ0v) is 14.5. The van der Waals surface area contributed by atoms with Gasteiger partial charge >= 0.3 is 6.03 Å². The highest BCUT2D eigenvalue weighted by Crippen LogP contribution is 2.23. The molecule has 1 fully saturated rings. The van der Waals surface area contributed by atoms with Crippen molar-refractivity contribution in [3.05, 3.63) is 54.9 Å². The molecule has 2 aromatic carbocycles. The molecule has 6 nitrogen and oxygen atoms in total. The van der Waals surface area contributed by atoms with E-state index in [9.17, 15) is 4.79 Å². The minimum atomic E-state index is -0.271. The van der Waals surface area contributed by atoms with Crippen LogP contribution >= 0.6 is 0 Å². The first-order valence-electron chi connectivity index (χ1n) is 8.94. The molecule has 1 aliphatic rings. The maximum atomic E-state index is 12.3. The molecular weight excluding hydrogens is 328 g/mol. The molecule has 0 spiro atoms. The van der Waals surface area contributed by atoms with Gasteiger partial charge in [0.1, 0.15) is 0 Å². The largest absolute Gasteiger partial charge is 0.381 e. The Labute approximate surface area is 152 Å². The topological polar surface area (TPSA) is 68.2 Å². The van der Waals surface area contributed by atoms with Crippen molar-refractivity contribution in [1.29, 1.82) is 0 Å². The van der Waals surface area contributed by atoms with E-state index in [1.165, 1.54) is 0 Å². The molecule has 2 heterocycles. The number of hydrogen-bond donors (Lipinski definition) is 2. The number of aromatic nitrogens is 2. The number of ether oxygens (including phenoxy) is 1. The molecule has 0 bridgehead atoms. The van der Waals surface area contributed by atoms with Crippen LogP contribution in [0.15, 0.2) is 54.9 Å². The van der Waals surface area contributed by atoms with Crippen LogP contribution in [0.2, 0.25) is 0 Å². The fraction of sp³-hybridized carbons (Fsp3) is 0.300. The van der Waals surface area contributed by atoms with Crippen molar-refractivity contribution in [3.63, 3.8) is 0 Å². The molecule has 6 heteroatoms. The van der Waals surface area contributed by atoms with Crippen molar-refractivity contribution in [2.24, 2.45) is 5.92 Å². The second kappa shape index (κ2) is 7.58. The molecule has 3 aromatic rings. The average molecular weight is 350 g/mol. The van der Waals surface area contributed by atoms with Gasteiger partial charge in [0.25, 0.3) is 0 Å². The number of nitrogens with zero attached hydrogens (tertiary/aromatic N) is 2.